The molecule has 1 aromatic rings. The molecule has 0 amide bonds. The van der Waals surface area contributed by atoms with Crippen LogP contribution in [0.4, 0.5) is 4.39 Å². The normalized spacial score (nSPS) is 14.0. The van der Waals surface area contributed by atoms with Gasteiger partial charge in [-0.25, -0.2) is 4.39 Å². The highest BCUT2D eigenvalue weighted by Gasteiger charge is 2.27. The predicted molar refractivity (Wildman–Crippen MR) is 47.9 cm³/mol. The molecule has 2 N–H and O–H groups in total. The maximum Gasteiger partial charge on any atom is 0.296 e. The fraction of sp³-hybridized carbons (Fsp3) is 0.143. The molecule has 4 nitrogen and oxygen atoms in total. The van der Waals surface area contributed by atoms with E-state index in [1.54, 1.807) is 0 Å². The topological polar surface area (TPSA) is 74.6 Å². The van der Waals surface area contributed by atoms with Gasteiger partial charge < -0.3 is 5.11 Å². The van der Waals surface area contributed by atoms with Crippen molar-refractivity contribution >= 4 is 21.7 Å². The molecule has 1 aromatic carbocycles. The van der Waals surface area contributed by atoms with Crippen molar-refractivity contribution in [3.63, 3.8) is 0 Å². The van der Waals surface area contributed by atoms with E-state index in [0.29, 0.717) is 0 Å². The van der Waals surface area contributed by atoms with Crippen LogP contribution in [0.15, 0.2) is 18.2 Å². The Morgan fingerprint density at radius 1 is 1.43 bits per heavy atom. The van der Waals surface area contributed by atoms with Crippen molar-refractivity contribution in [2.75, 3.05) is 0 Å². The molecular weight excluding hydrogens is 235 g/mol. The highest BCUT2D eigenvalue weighted by atomic mass is 35.5. The largest absolute Gasteiger partial charge is 0.371 e. The van der Waals surface area contributed by atoms with Crippen molar-refractivity contribution in [2.45, 2.75) is 5.44 Å². The van der Waals surface area contributed by atoms with Crippen molar-refractivity contribution in [2.24, 2.45) is 0 Å². The van der Waals surface area contributed by atoms with Crippen molar-refractivity contribution in [3.05, 3.63) is 34.6 Å². The minimum Gasteiger partial charge on any atom is -0.371 e. The van der Waals surface area contributed by atoms with E-state index in [0.717, 1.165) is 6.07 Å². The lowest BCUT2D eigenvalue weighted by Gasteiger charge is -2.09. The third-order valence-electron chi connectivity index (χ3n) is 1.53. The van der Waals surface area contributed by atoms with Crippen LogP contribution in [0.5, 0.6) is 0 Å². The van der Waals surface area contributed by atoms with Gasteiger partial charge in [-0.1, -0.05) is 17.7 Å². The molecule has 0 fully saturated rings. The Hall–Kier alpha value is -0.690. The zero-order chi connectivity index (χ0) is 10.9. The molecule has 0 aliphatic heterocycles. The zero-order valence-corrected chi connectivity index (χ0v) is 8.26. The third kappa shape index (κ3) is 2.21. The van der Waals surface area contributed by atoms with Gasteiger partial charge >= 0.3 is 0 Å². The monoisotopic (exact) mass is 240 g/mol. The molecular formula is C7H6ClFO4S. The summed E-state index contributed by atoms with van der Waals surface area (Å²) in [5.41, 5.74) is -3.02. The summed E-state index contributed by atoms with van der Waals surface area (Å²) in [6.45, 7) is 0. The second kappa shape index (κ2) is 3.82. The maximum absolute atomic E-state index is 13.0. The number of hydrogen-bond donors (Lipinski definition) is 2. The Kier molecular flexibility index (Phi) is 3.10. The highest BCUT2D eigenvalue weighted by Crippen LogP contribution is 2.28. The summed E-state index contributed by atoms with van der Waals surface area (Å²) in [4.78, 5) is 0. The Morgan fingerprint density at radius 3 is 2.43 bits per heavy atom. The van der Waals surface area contributed by atoms with E-state index in [1.807, 2.05) is 0 Å². The molecule has 0 spiro atoms. The minimum atomic E-state index is -4.77. The van der Waals surface area contributed by atoms with Crippen LogP contribution in [-0.4, -0.2) is 18.1 Å². The molecule has 78 valence electrons. The van der Waals surface area contributed by atoms with Crippen LogP contribution in [0.25, 0.3) is 0 Å². The second-order valence-corrected chi connectivity index (χ2v) is 4.39. The number of hydrogen-bond acceptors (Lipinski definition) is 3. The van der Waals surface area contributed by atoms with Crippen molar-refractivity contribution in [1.29, 1.82) is 0 Å². The van der Waals surface area contributed by atoms with Gasteiger partial charge in [-0.15, -0.1) is 0 Å². The molecule has 0 saturated carbocycles. The molecule has 1 rings (SSSR count). The fourth-order valence-electron chi connectivity index (χ4n) is 0.896. The van der Waals surface area contributed by atoms with Crippen molar-refractivity contribution in [3.8, 4) is 0 Å². The number of benzene rings is 1. The third-order valence-corrected chi connectivity index (χ3v) is 2.66. The van der Waals surface area contributed by atoms with Crippen LogP contribution >= 0.6 is 11.6 Å². The van der Waals surface area contributed by atoms with Crippen molar-refractivity contribution < 1.29 is 22.5 Å². The number of halogens is 2. The first-order valence-electron chi connectivity index (χ1n) is 3.42. The van der Waals surface area contributed by atoms with Crippen LogP contribution in [0.1, 0.15) is 11.0 Å². The predicted octanol–water partition coefficient (Wildman–Crippen LogP) is 1.36. The van der Waals surface area contributed by atoms with Gasteiger partial charge in [0.05, 0.1) is 10.6 Å². The number of rotatable bonds is 2. The first kappa shape index (κ1) is 11.4. The lowest BCUT2D eigenvalue weighted by Crippen LogP contribution is -2.13. The summed E-state index contributed by atoms with van der Waals surface area (Å²) >= 11 is 5.45. The summed E-state index contributed by atoms with van der Waals surface area (Å²) in [7, 11) is -4.77. The Balaban J connectivity index is 3.33. The van der Waals surface area contributed by atoms with Gasteiger partial charge in [0, 0.05) is 0 Å². The molecule has 0 aliphatic carbocycles. The molecule has 0 aromatic heterocycles. The van der Waals surface area contributed by atoms with E-state index >= 15 is 0 Å². The Bertz CT molecular complexity index is 425. The van der Waals surface area contributed by atoms with Gasteiger partial charge in [0.15, 0.2) is 0 Å². The summed E-state index contributed by atoms with van der Waals surface area (Å²) in [6, 6.07) is 3.38. The standard InChI is InChI=1S/C7H6ClFO4S/c8-4-2-1-3-5(9)6(4)7(10)14(11,12)13/h1-3,7,10H,(H,11,12,13). The van der Waals surface area contributed by atoms with E-state index in [9.17, 15) is 12.8 Å². The van der Waals surface area contributed by atoms with E-state index in [2.05, 4.69) is 0 Å². The lowest BCUT2D eigenvalue weighted by atomic mass is 10.2. The minimum absolute atomic E-state index is 0.268. The molecule has 0 saturated heterocycles. The number of aliphatic hydroxyl groups excluding tert-OH is 1. The van der Waals surface area contributed by atoms with Gasteiger partial charge in [-0.05, 0) is 12.1 Å². The first-order valence-corrected chi connectivity index (χ1v) is 5.30. The van der Waals surface area contributed by atoms with Gasteiger partial charge in [-0.3, -0.25) is 4.55 Å². The highest BCUT2D eigenvalue weighted by molar-refractivity contribution is 7.85. The molecule has 7 heteroatoms. The molecule has 0 bridgehead atoms. The first-order chi connectivity index (χ1) is 6.34. The van der Waals surface area contributed by atoms with Crippen LogP contribution < -0.4 is 0 Å². The average molecular weight is 241 g/mol. The van der Waals surface area contributed by atoms with Gasteiger partial charge in [-0.2, -0.15) is 8.42 Å². The summed E-state index contributed by atoms with van der Waals surface area (Å²) in [5, 5.41) is 8.79. The molecule has 0 heterocycles. The van der Waals surface area contributed by atoms with Crippen LogP contribution in [0, 0.1) is 5.82 Å². The smallest absolute Gasteiger partial charge is 0.296 e. The average Bonchev–Trinajstić information content (AvgIpc) is 2.01. The number of aliphatic hydroxyl groups is 1. The second-order valence-electron chi connectivity index (χ2n) is 2.50. The van der Waals surface area contributed by atoms with Crippen molar-refractivity contribution in [1.82, 2.24) is 0 Å². The molecule has 0 aliphatic rings. The summed E-state index contributed by atoms with van der Waals surface area (Å²) in [6.07, 6.45) is 0. The lowest BCUT2D eigenvalue weighted by molar-refractivity contribution is 0.233. The Morgan fingerprint density at radius 2 is 2.00 bits per heavy atom. The van der Waals surface area contributed by atoms with Crippen LogP contribution in [0.2, 0.25) is 5.02 Å². The molecule has 1 atom stereocenters. The van der Waals surface area contributed by atoms with E-state index in [4.69, 9.17) is 21.3 Å². The maximum atomic E-state index is 13.0. The van der Waals surface area contributed by atoms with Gasteiger partial charge in [0.1, 0.15) is 5.82 Å². The zero-order valence-electron chi connectivity index (χ0n) is 6.68. The summed E-state index contributed by atoms with van der Waals surface area (Å²) in [5.74, 6) is -0.998. The SMILES string of the molecule is O=S(=O)(O)C(O)c1c(F)cccc1Cl. The Labute approximate surface area is 84.7 Å². The van der Waals surface area contributed by atoms with Gasteiger partial charge in [0.25, 0.3) is 10.1 Å². The molecule has 1 unspecified atom stereocenters. The molecule has 14 heavy (non-hydrogen) atoms. The van der Waals surface area contributed by atoms with E-state index in [-0.39, 0.29) is 5.02 Å². The fourth-order valence-corrected chi connectivity index (χ4v) is 1.76. The van der Waals surface area contributed by atoms with E-state index < -0.39 is 26.9 Å². The summed E-state index contributed by atoms with van der Waals surface area (Å²) < 4.78 is 42.5. The van der Waals surface area contributed by atoms with Gasteiger partial charge in [0.2, 0.25) is 5.44 Å². The molecule has 0 radical (unpaired) electrons. The quantitative estimate of drug-likeness (QED) is 0.766. The van der Waals surface area contributed by atoms with E-state index in [1.165, 1.54) is 12.1 Å². The van der Waals surface area contributed by atoms with Crippen LogP contribution in [-0.2, 0) is 10.1 Å². The van der Waals surface area contributed by atoms with Crippen LogP contribution in [0.3, 0.4) is 0 Å².